The Bertz CT molecular complexity index is 1630. The molecule has 4 rings (SSSR count). The number of sulfonamides is 1. The van der Waals surface area contributed by atoms with Gasteiger partial charge in [0.15, 0.2) is 0 Å². The number of nitrogens with one attached hydrogen (secondary N) is 1. The van der Waals surface area contributed by atoms with Gasteiger partial charge in [-0.1, -0.05) is 71.4 Å². The van der Waals surface area contributed by atoms with Crippen LogP contribution in [-0.2, 0) is 45.1 Å². The molecule has 2 bridgehead atoms. The van der Waals surface area contributed by atoms with E-state index < -0.39 is 69.5 Å². The summed E-state index contributed by atoms with van der Waals surface area (Å²) in [7, 11) is 2.94. The number of benzene rings is 1. The molecule has 3 fully saturated rings. The van der Waals surface area contributed by atoms with Crippen molar-refractivity contribution in [3.8, 4) is 0 Å². The summed E-state index contributed by atoms with van der Waals surface area (Å²) in [5.74, 6) is -2.35. The molecule has 316 valence electrons. The number of nitrogens with zero attached hydrogens (tertiary/aromatic N) is 3. The molecule has 4 amide bonds. The van der Waals surface area contributed by atoms with E-state index in [4.69, 9.17) is 20.3 Å². The van der Waals surface area contributed by atoms with Crippen molar-refractivity contribution in [1.29, 1.82) is 0 Å². The first-order valence-electron chi connectivity index (χ1n) is 20.3. The number of fused-ring (bicyclic) bond motifs is 2. The van der Waals surface area contributed by atoms with Crippen LogP contribution in [0.25, 0.3) is 0 Å². The Morgan fingerprint density at radius 2 is 1.71 bits per heavy atom. The molecule has 11 atom stereocenters. The second-order valence-corrected chi connectivity index (χ2v) is 18.8. The van der Waals surface area contributed by atoms with Crippen LogP contribution in [0.4, 0.5) is 0 Å². The monoisotopic (exact) mass is 804 g/mol. The minimum atomic E-state index is -3.90. The van der Waals surface area contributed by atoms with Gasteiger partial charge in [-0.15, -0.1) is 0 Å². The number of piperidine rings is 1. The number of nitrogens with two attached hydrogens (primary N) is 2. The maximum atomic E-state index is 14.8. The highest BCUT2D eigenvalue weighted by Gasteiger charge is 2.62. The van der Waals surface area contributed by atoms with Crippen molar-refractivity contribution in [2.75, 3.05) is 40.6 Å². The lowest BCUT2D eigenvalue weighted by atomic mass is 9.74. The lowest BCUT2D eigenvalue weighted by Gasteiger charge is -2.48. The highest BCUT2D eigenvalue weighted by molar-refractivity contribution is 7.89. The molecule has 0 aromatic heterocycles. The molecular weight excluding hydrogens is 737 g/mol. The third-order valence-electron chi connectivity index (χ3n) is 13.3. The van der Waals surface area contributed by atoms with Crippen LogP contribution in [0.3, 0.4) is 0 Å². The third-order valence-corrected chi connectivity index (χ3v) is 14.2. The number of hydrogen-bond acceptors (Lipinski definition) is 9. The number of amides is 4. The number of likely N-dealkylation sites (tertiary alicyclic amines) is 2. The summed E-state index contributed by atoms with van der Waals surface area (Å²) in [6.45, 7) is 10.5. The zero-order valence-corrected chi connectivity index (χ0v) is 35.8. The Morgan fingerprint density at radius 1 is 1.05 bits per heavy atom. The lowest BCUT2D eigenvalue weighted by molar-refractivity contribution is -0.153. The quantitative estimate of drug-likeness (QED) is 0.178. The molecule has 2 aliphatic heterocycles. The molecule has 1 aromatic carbocycles. The first kappa shape index (κ1) is 45.6. The van der Waals surface area contributed by atoms with Gasteiger partial charge in [-0.05, 0) is 68.9 Å². The highest BCUT2D eigenvalue weighted by Crippen LogP contribution is 2.55. The number of carbonyl (C=O) groups is 4. The van der Waals surface area contributed by atoms with E-state index in [1.54, 1.807) is 23.8 Å². The summed E-state index contributed by atoms with van der Waals surface area (Å²) < 4.78 is 36.3. The molecule has 1 aliphatic carbocycles. The van der Waals surface area contributed by atoms with E-state index >= 15 is 0 Å². The van der Waals surface area contributed by atoms with Crippen molar-refractivity contribution >= 4 is 33.7 Å². The standard InChI is InChI=1S/C41H68N6O8S/c1-10-26(4)35(45(6)40(51)34(25(2)3)41-19-18-29(23-41)36(38(42)49)46(41)7)32(54-8)22-33(48)47-20-14-17-31(47)37(55-9)27(5)39(50)44-30(24-56(43,52)53)21-28-15-12-11-13-16-28/h11-13,15-16,25-27,29-32,34-37H,10,14,17-24H2,1-9H3,(H2,42,49)(H,44,50)(H2,43,52,53)/t26-,27+,29?,30-,31-,32+,34+,35-,36?,37+,41?/m0/s1. The molecule has 56 heavy (non-hydrogen) atoms. The van der Waals surface area contributed by atoms with Crippen LogP contribution in [0, 0.1) is 29.6 Å². The maximum Gasteiger partial charge on any atom is 0.235 e. The normalized spacial score (nSPS) is 26.3. The molecule has 2 heterocycles. The molecule has 0 radical (unpaired) electrons. The van der Waals surface area contributed by atoms with Crippen LogP contribution in [-0.4, -0.2) is 129 Å². The minimum absolute atomic E-state index is 0.00556. The summed E-state index contributed by atoms with van der Waals surface area (Å²) in [5, 5.41) is 8.30. The van der Waals surface area contributed by atoms with E-state index in [1.807, 2.05) is 44.4 Å². The van der Waals surface area contributed by atoms with Gasteiger partial charge in [-0.25, -0.2) is 13.6 Å². The number of carbonyl (C=O) groups excluding carboxylic acids is 4. The van der Waals surface area contributed by atoms with Crippen LogP contribution in [0.15, 0.2) is 30.3 Å². The first-order chi connectivity index (χ1) is 26.3. The summed E-state index contributed by atoms with van der Waals surface area (Å²) >= 11 is 0. The fourth-order valence-electron chi connectivity index (χ4n) is 10.5. The molecule has 15 heteroatoms. The number of methoxy groups -OCH3 is 2. The first-order valence-corrected chi connectivity index (χ1v) is 22.0. The Labute approximate surface area is 334 Å². The number of rotatable bonds is 20. The van der Waals surface area contributed by atoms with E-state index in [1.165, 1.54) is 7.11 Å². The number of hydrogen-bond donors (Lipinski definition) is 3. The Balaban J connectivity index is 1.52. The van der Waals surface area contributed by atoms with Gasteiger partial charge >= 0.3 is 0 Å². The van der Waals surface area contributed by atoms with Gasteiger partial charge in [0.2, 0.25) is 33.7 Å². The van der Waals surface area contributed by atoms with Crippen molar-refractivity contribution in [3.05, 3.63) is 35.9 Å². The van der Waals surface area contributed by atoms with Gasteiger partial charge in [0.1, 0.15) is 0 Å². The number of primary sulfonamides is 1. The van der Waals surface area contributed by atoms with Gasteiger partial charge in [0.25, 0.3) is 0 Å². The Kier molecular flexibility index (Phi) is 15.5. The maximum absolute atomic E-state index is 14.8. The van der Waals surface area contributed by atoms with Gasteiger partial charge in [0.05, 0.1) is 54.3 Å². The van der Waals surface area contributed by atoms with Crippen molar-refractivity contribution in [1.82, 2.24) is 20.0 Å². The number of likely N-dealkylation sites (N-methyl/N-ethyl adjacent to an activating group) is 2. The predicted octanol–water partition coefficient (Wildman–Crippen LogP) is 2.53. The molecule has 5 N–H and O–H groups in total. The van der Waals surface area contributed by atoms with Crippen molar-refractivity contribution in [2.45, 2.75) is 128 Å². The second kappa shape index (κ2) is 19.1. The predicted molar refractivity (Wildman–Crippen MR) is 215 cm³/mol. The van der Waals surface area contributed by atoms with E-state index in [0.717, 1.165) is 37.7 Å². The summed E-state index contributed by atoms with van der Waals surface area (Å²) in [6.07, 6.45) is 3.51. The average molecular weight is 805 g/mol. The van der Waals surface area contributed by atoms with E-state index in [2.05, 4.69) is 37.9 Å². The SMILES string of the molecule is CC[C@H](C)[C@@H]([C@@H](CC(=O)N1CCC[C@H]1[C@H](OC)[C@@H](C)C(=O)N[C@@H](Cc1ccccc1)CS(N)(=O)=O)OC)N(C)C(=O)[C@@H](C(C)C)C12CCC(C1)C(C(N)=O)N2C. The van der Waals surface area contributed by atoms with Crippen LogP contribution in [0.1, 0.15) is 85.1 Å². The summed E-state index contributed by atoms with van der Waals surface area (Å²) in [6, 6.07) is 7.29. The molecule has 0 spiro atoms. The van der Waals surface area contributed by atoms with Gasteiger partial charge < -0.3 is 30.3 Å². The van der Waals surface area contributed by atoms with Gasteiger partial charge in [-0.3, -0.25) is 24.1 Å². The van der Waals surface area contributed by atoms with Gasteiger partial charge in [-0.2, -0.15) is 0 Å². The third kappa shape index (κ3) is 9.94. The summed E-state index contributed by atoms with van der Waals surface area (Å²) in [5.41, 5.74) is 6.23. The van der Waals surface area contributed by atoms with Crippen LogP contribution >= 0.6 is 0 Å². The van der Waals surface area contributed by atoms with Gasteiger partial charge in [0, 0.05) is 39.4 Å². The molecule has 1 aromatic rings. The number of ether oxygens (including phenoxy) is 2. The summed E-state index contributed by atoms with van der Waals surface area (Å²) in [4.78, 5) is 61.0. The fraction of sp³-hybridized carbons (Fsp3) is 0.756. The van der Waals surface area contributed by atoms with Crippen LogP contribution < -0.4 is 16.2 Å². The topological polar surface area (TPSA) is 195 Å². The van der Waals surface area contributed by atoms with Crippen LogP contribution in [0.5, 0.6) is 0 Å². The largest absolute Gasteiger partial charge is 0.379 e. The van der Waals surface area contributed by atoms with E-state index in [9.17, 15) is 27.6 Å². The van der Waals surface area contributed by atoms with E-state index in [0.29, 0.717) is 13.0 Å². The molecule has 14 nitrogen and oxygen atoms in total. The molecule has 2 saturated heterocycles. The zero-order valence-electron chi connectivity index (χ0n) is 35.0. The lowest BCUT2D eigenvalue weighted by Crippen LogP contribution is -2.61. The molecular formula is C41H68N6O8S. The fourth-order valence-corrected chi connectivity index (χ4v) is 11.3. The zero-order chi connectivity index (χ0) is 41.7. The van der Waals surface area contributed by atoms with E-state index in [-0.39, 0.29) is 54.2 Å². The van der Waals surface area contributed by atoms with Crippen molar-refractivity contribution in [3.63, 3.8) is 0 Å². The van der Waals surface area contributed by atoms with Crippen molar-refractivity contribution < 1.29 is 37.1 Å². The second-order valence-electron chi connectivity index (χ2n) is 17.1. The Morgan fingerprint density at radius 3 is 2.25 bits per heavy atom. The van der Waals surface area contributed by atoms with Crippen LogP contribution in [0.2, 0.25) is 0 Å². The molecule has 3 aliphatic rings. The molecule has 1 saturated carbocycles. The van der Waals surface area contributed by atoms with Crippen molar-refractivity contribution in [2.24, 2.45) is 40.5 Å². The smallest absolute Gasteiger partial charge is 0.235 e. The highest BCUT2D eigenvalue weighted by atomic mass is 32.2. The average Bonchev–Trinajstić information content (AvgIpc) is 3.86. The Hall–Kier alpha value is -3.11. The number of primary amides is 1. The minimum Gasteiger partial charge on any atom is -0.379 e. The molecule has 3 unspecified atom stereocenters.